The van der Waals surface area contributed by atoms with Crippen molar-refractivity contribution in [2.75, 3.05) is 31.1 Å². The monoisotopic (exact) mass is 372 g/mol. The molecule has 1 saturated heterocycles. The third-order valence-corrected chi connectivity index (χ3v) is 4.81. The zero-order valence-electron chi connectivity index (χ0n) is 13.8. The van der Waals surface area contributed by atoms with E-state index in [2.05, 4.69) is 9.97 Å². The first kappa shape index (κ1) is 16.6. The fourth-order valence-electron chi connectivity index (χ4n) is 3.33. The number of carbonyl (C=O) groups is 1. The Hall–Kier alpha value is -2.87. The number of phenolic OH excluding ortho intramolecular Hbond substituents is 1. The van der Waals surface area contributed by atoms with Crippen molar-refractivity contribution in [3.05, 3.63) is 52.5 Å². The molecule has 4 rings (SSSR count). The van der Waals surface area contributed by atoms with Crippen molar-refractivity contribution in [2.24, 2.45) is 0 Å². The molecule has 0 atom stereocenters. The Bertz CT molecular complexity index is 1040. The van der Waals surface area contributed by atoms with Crippen molar-refractivity contribution in [2.45, 2.75) is 0 Å². The van der Waals surface area contributed by atoms with Gasteiger partial charge in [-0.25, -0.2) is 4.39 Å². The van der Waals surface area contributed by atoms with Crippen LogP contribution in [-0.2, 0) is 0 Å². The molecular weight excluding hydrogens is 355 g/mol. The summed E-state index contributed by atoms with van der Waals surface area (Å²) < 4.78 is 14.2. The first-order valence-electron chi connectivity index (χ1n) is 8.27. The quantitative estimate of drug-likeness (QED) is 0.605. The zero-order chi connectivity index (χ0) is 18.3. The molecule has 8 heteroatoms. The highest BCUT2D eigenvalue weighted by atomic mass is 32.1. The molecule has 1 aromatic heterocycles. The lowest BCUT2D eigenvalue weighted by Gasteiger charge is -2.36. The summed E-state index contributed by atoms with van der Waals surface area (Å²) in [5.74, 6) is -0.505. The highest BCUT2D eigenvalue weighted by molar-refractivity contribution is 7.71. The minimum Gasteiger partial charge on any atom is -0.506 e. The van der Waals surface area contributed by atoms with Gasteiger partial charge in [0.15, 0.2) is 4.77 Å². The van der Waals surface area contributed by atoms with Crippen molar-refractivity contribution < 1.29 is 14.3 Å². The maximum atomic E-state index is 13.9. The van der Waals surface area contributed by atoms with Crippen molar-refractivity contribution in [1.82, 2.24) is 14.9 Å². The van der Waals surface area contributed by atoms with Gasteiger partial charge in [-0.15, -0.1) is 0 Å². The number of H-pyrrole nitrogens is 2. The largest absolute Gasteiger partial charge is 0.506 e. The highest BCUT2D eigenvalue weighted by Gasteiger charge is 2.25. The molecule has 1 aliphatic rings. The summed E-state index contributed by atoms with van der Waals surface area (Å²) in [6, 6.07) is 9.68. The van der Waals surface area contributed by atoms with E-state index < -0.39 is 5.82 Å². The molecule has 2 heterocycles. The molecular formula is C18H17FN4O2S. The van der Waals surface area contributed by atoms with E-state index in [1.165, 1.54) is 12.1 Å². The smallest absolute Gasteiger partial charge is 0.256 e. The molecule has 6 nitrogen and oxygen atoms in total. The number of imidazole rings is 1. The summed E-state index contributed by atoms with van der Waals surface area (Å²) in [5, 5.41) is 9.99. The van der Waals surface area contributed by atoms with Crippen LogP contribution in [0.2, 0.25) is 0 Å². The topological polar surface area (TPSA) is 75.4 Å². The van der Waals surface area contributed by atoms with Gasteiger partial charge in [-0.3, -0.25) is 4.79 Å². The molecule has 1 fully saturated rings. The number of nitrogens with zero attached hydrogens (tertiary/aromatic N) is 2. The van der Waals surface area contributed by atoms with E-state index >= 15 is 0 Å². The van der Waals surface area contributed by atoms with E-state index in [0.717, 1.165) is 5.69 Å². The van der Waals surface area contributed by atoms with Gasteiger partial charge >= 0.3 is 0 Å². The number of rotatable bonds is 2. The van der Waals surface area contributed by atoms with Gasteiger partial charge in [0.1, 0.15) is 11.6 Å². The van der Waals surface area contributed by atoms with E-state index in [1.54, 1.807) is 17.0 Å². The second kappa shape index (κ2) is 6.45. The number of benzene rings is 2. The van der Waals surface area contributed by atoms with E-state index in [-0.39, 0.29) is 17.2 Å². The lowest BCUT2D eigenvalue weighted by Crippen LogP contribution is -2.48. The number of phenols is 1. The number of anilines is 1. The Morgan fingerprint density at radius 1 is 1.12 bits per heavy atom. The zero-order valence-corrected chi connectivity index (χ0v) is 14.6. The highest BCUT2D eigenvalue weighted by Crippen LogP contribution is 2.28. The van der Waals surface area contributed by atoms with Gasteiger partial charge in [0, 0.05) is 26.2 Å². The van der Waals surface area contributed by atoms with Crippen LogP contribution in [0.4, 0.5) is 10.1 Å². The van der Waals surface area contributed by atoms with Crippen LogP contribution in [0.1, 0.15) is 10.4 Å². The number of hydrogen-bond acceptors (Lipinski definition) is 4. The first-order valence-corrected chi connectivity index (χ1v) is 8.67. The van der Waals surface area contributed by atoms with Crippen molar-refractivity contribution in [3.63, 3.8) is 0 Å². The molecule has 1 aliphatic heterocycles. The molecule has 3 aromatic rings. The van der Waals surface area contributed by atoms with Crippen molar-refractivity contribution in [1.29, 1.82) is 0 Å². The number of fused-ring (bicyclic) bond motifs is 1. The summed E-state index contributed by atoms with van der Waals surface area (Å²) in [4.78, 5) is 22.4. The van der Waals surface area contributed by atoms with Crippen LogP contribution in [-0.4, -0.2) is 52.1 Å². The van der Waals surface area contributed by atoms with Crippen molar-refractivity contribution >= 4 is 34.8 Å². The van der Waals surface area contributed by atoms with E-state index in [0.29, 0.717) is 42.0 Å². The van der Waals surface area contributed by atoms with Crippen LogP contribution in [0.3, 0.4) is 0 Å². The molecule has 0 radical (unpaired) electrons. The van der Waals surface area contributed by atoms with E-state index in [4.69, 9.17) is 12.2 Å². The maximum Gasteiger partial charge on any atom is 0.256 e. The number of aromatic hydroxyl groups is 1. The second-order valence-electron chi connectivity index (χ2n) is 6.22. The van der Waals surface area contributed by atoms with Crippen LogP contribution in [0.15, 0.2) is 36.4 Å². The number of carbonyl (C=O) groups excluding carboxylic acids is 1. The molecule has 2 aromatic carbocycles. The van der Waals surface area contributed by atoms with Crippen LogP contribution in [0.5, 0.6) is 5.75 Å². The SMILES string of the molecule is O=C(c1cc(F)cc2[nH]c(=S)[nH]c12)N1CCN(c2ccccc2O)CC1. The number of aromatic amines is 2. The lowest BCUT2D eigenvalue weighted by atomic mass is 10.1. The minimum atomic E-state index is -0.487. The Morgan fingerprint density at radius 3 is 2.58 bits per heavy atom. The molecule has 0 bridgehead atoms. The third kappa shape index (κ3) is 2.92. The van der Waals surface area contributed by atoms with Gasteiger partial charge in [-0.1, -0.05) is 12.1 Å². The number of aromatic nitrogens is 2. The molecule has 134 valence electrons. The van der Waals surface area contributed by atoms with Gasteiger partial charge < -0.3 is 24.9 Å². The van der Waals surface area contributed by atoms with Gasteiger partial charge in [0.2, 0.25) is 0 Å². The average Bonchev–Trinajstić information content (AvgIpc) is 3.01. The van der Waals surface area contributed by atoms with Crippen LogP contribution >= 0.6 is 12.2 Å². The number of nitrogens with one attached hydrogen (secondary N) is 2. The third-order valence-electron chi connectivity index (χ3n) is 4.61. The Morgan fingerprint density at radius 2 is 1.85 bits per heavy atom. The standard InChI is InChI=1S/C18H17FN4O2S/c19-11-9-12(16-13(10-11)20-18(26)21-16)17(25)23-7-5-22(6-8-23)14-3-1-2-4-15(14)24/h1-4,9-10,24H,5-8H2,(H2,20,21,26). The van der Waals surface area contributed by atoms with Gasteiger partial charge in [-0.2, -0.15) is 0 Å². The molecule has 3 N–H and O–H groups in total. The average molecular weight is 372 g/mol. The normalized spacial score (nSPS) is 14.8. The number of amides is 1. The van der Waals surface area contributed by atoms with Crippen LogP contribution < -0.4 is 4.90 Å². The Labute approximate surface area is 153 Å². The van der Waals surface area contributed by atoms with Crippen LogP contribution in [0.25, 0.3) is 11.0 Å². The number of hydrogen-bond donors (Lipinski definition) is 3. The van der Waals surface area contributed by atoms with E-state index in [9.17, 15) is 14.3 Å². The van der Waals surface area contributed by atoms with Gasteiger partial charge in [0.25, 0.3) is 5.91 Å². The Balaban J connectivity index is 1.56. The summed E-state index contributed by atoms with van der Waals surface area (Å²) in [6.07, 6.45) is 0. The second-order valence-corrected chi connectivity index (χ2v) is 6.63. The molecule has 1 amide bonds. The molecule has 0 unspecified atom stereocenters. The fraction of sp³-hybridized carbons (Fsp3) is 0.222. The summed E-state index contributed by atoms with van der Waals surface area (Å²) >= 11 is 5.05. The first-order chi connectivity index (χ1) is 12.5. The predicted octanol–water partition coefficient (Wildman–Crippen LogP) is 3.03. The predicted molar refractivity (Wildman–Crippen MR) is 99.7 cm³/mol. The number of para-hydroxylation sites is 2. The summed E-state index contributed by atoms with van der Waals surface area (Å²) in [7, 11) is 0. The minimum absolute atomic E-state index is 0.221. The fourth-order valence-corrected chi connectivity index (χ4v) is 3.54. The molecule has 0 saturated carbocycles. The maximum absolute atomic E-state index is 13.9. The van der Waals surface area contributed by atoms with Gasteiger partial charge in [0.05, 0.1) is 22.3 Å². The number of halogens is 1. The van der Waals surface area contributed by atoms with Crippen molar-refractivity contribution in [3.8, 4) is 5.75 Å². The van der Waals surface area contributed by atoms with Crippen LogP contribution in [0, 0.1) is 10.6 Å². The summed E-state index contributed by atoms with van der Waals surface area (Å²) in [6.45, 7) is 2.14. The Kier molecular flexibility index (Phi) is 4.12. The molecule has 0 spiro atoms. The molecule has 0 aliphatic carbocycles. The van der Waals surface area contributed by atoms with E-state index in [1.807, 2.05) is 17.0 Å². The number of piperazine rings is 1. The summed E-state index contributed by atoms with van der Waals surface area (Å²) in [5.41, 5.74) is 2.02. The molecule has 26 heavy (non-hydrogen) atoms. The van der Waals surface area contributed by atoms with Gasteiger partial charge in [-0.05, 0) is 36.5 Å². The lowest BCUT2D eigenvalue weighted by molar-refractivity contribution is 0.0748.